The molecule has 1 N–H and O–H groups in total. The molecular weight excluding hydrogens is 420 g/mol. The number of amides is 1. The minimum Gasteiger partial charge on any atom is -0.497 e. The van der Waals surface area contributed by atoms with E-state index in [4.69, 9.17) is 4.74 Å². The van der Waals surface area contributed by atoms with Crippen molar-refractivity contribution in [3.63, 3.8) is 0 Å². The number of nitrogens with one attached hydrogen (secondary N) is 1. The summed E-state index contributed by atoms with van der Waals surface area (Å²) in [5, 5.41) is 4.63. The van der Waals surface area contributed by atoms with Gasteiger partial charge in [-0.15, -0.1) is 11.3 Å². The van der Waals surface area contributed by atoms with E-state index in [0.29, 0.717) is 13.0 Å². The summed E-state index contributed by atoms with van der Waals surface area (Å²) in [6.45, 7) is 0.491. The van der Waals surface area contributed by atoms with Gasteiger partial charge in [-0.25, -0.2) is 8.42 Å². The van der Waals surface area contributed by atoms with Gasteiger partial charge in [-0.3, -0.25) is 4.79 Å². The number of benzene rings is 2. The Labute approximate surface area is 180 Å². The van der Waals surface area contributed by atoms with Crippen LogP contribution < -0.4 is 10.1 Å². The fourth-order valence-electron chi connectivity index (χ4n) is 3.55. The number of thiophene rings is 1. The van der Waals surface area contributed by atoms with Crippen LogP contribution in [0.4, 0.5) is 0 Å². The first kappa shape index (κ1) is 20.6. The third kappa shape index (κ3) is 4.12. The van der Waals surface area contributed by atoms with Crippen LogP contribution in [0.2, 0.25) is 0 Å². The first-order valence-corrected chi connectivity index (χ1v) is 11.8. The van der Waals surface area contributed by atoms with Gasteiger partial charge < -0.3 is 10.1 Å². The molecule has 1 amide bonds. The first-order valence-electron chi connectivity index (χ1n) is 9.52. The molecule has 0 saturated heterocycles. The number of sulfonamides is 1. The summed E-state index contributed by atoms with van der Waals surface area (Å²) >= 11 is 1.16. The largest absolute Gasteiger partial charge is 0.497 e. The molecule has 30 heavy (non-hydrogen) atoms. The predicted molar refractivity (Wildman–Crippen MR) is 116 cm³/mol. The van der Waals surface area contributed by atoms with Gasteiger partial charge in [0.05, 0.1) is 7.11 Å². The van der Waals surface area contributed by atoms with Gasteiger partial charge in [0.1, 0.15) is 16.0 Å². The Bertz CT molecular complexity index is 1130. The summed E-state index contributed by atoms with van der Waals surface area (Å²) < 4.78 is 33.2. The molecule has 1 aromatic heterocycles. The van der Waals surface area contributed by atoms with E-state index in [2.05, 4.69) is 5.32 Å². The highest BCUT2D eigenvalue weighted by atomic mass is 32.2. The van der Waals surface area contributed by atoms with Gasteiger partial charge in [0, 0.05) is 13.1 Å². The molecule has 1 atom stereocenters. The van der Waals surface area contributed by atoms with Gasteiger partial charge in [0.25, 0.3) is 10.0 Å². The molecule has 1 aliphatic heterocycles. The molecule has 0 spiro atoms. The highest BCUT2D eigenvalue weighted by Crippen LogP contribution is 2.31. The molecule has 8 heteroatoms. The number of methoxy groups -OCH3 is 1. The fourth-order valence-corrected chi connectivity index (χ4v) is 6.24. The maximum Gasteiger partial charge on any atom is 0.253 e. The van der Waals surface area contributed by atoms with E-state index in [-0.39, 0.29) is 16.7 Å². The summed E-state index contributed by atoms with van der Waals surface area (Å²) in [4.78, 5) is 13.1. The molecule has 2 aromatic carbocycles. The normalized spacial score (nSPS) is 16.6. The van der Waals surface area contributed by atoms with E-state index in [9.17, 15) is 13.2 Å². The summed E-state index contributed by atoms with van der Waals surface area (Å²) in [6.07, 6.45) is 0.342. The molecule has 0 bridgehead atoms. The molecule has 6 nitrogen and oxygen atoms in total. The van der Waals surface area contributed by atoms with Gasteiger partial charge in [-0.1, -0.05) is 42.5 Å². The lowest BCUT2D eigenvalue weighted by Gasteiger charge is -2.34. The van der Waals surface area contributed by atoms with E-state index < -0.39 is 16.1 Å². The van der Waals surface area contributed by atoms with Crippen molar-refractivity contribution in [3.8, 4) is 5.75 Å². The third-order valence-electron chi connectivity index (χ3n) is 5.19. The van der Waals surface area contributed by atoms with E-state index in [1.165, 1.54) is 4.31 Å². The Morgan fingerprint density at radius 1 is 1.10 bits per heavy atom. The summed E-state index contributed by atoms with van der Waals surface area (Å²) in [6, 6.07) is 17.5. The number of carbonyl (C=O) groups excluding carboxylic acids is 1. The number of rotatable bonds is 6. The lowest BCUT2D eigenvalue weighted by atomic mass is 9.95. The summed E-state index contributed by atoms with van der Waals surface area (Å²) in [5.41, 5.74) is 2.84. The van der Waals surface area contributed by atoms with Crippen LogP contribution in [0.5, 0.6) is 5.75 Å². The maximum atomic E-state index is 13.3. The molecule has 156 valence electrons. The van der Waals surface area contributed by atoms with Gasteiger partial charge in [0.2, 0.25) is 5.91 Å². The van der Waals surface area contributed by atoms with Crippen molar-refractivity contribution in [3.05, 3.63) is 82.7 Å². The van der Waals surface area contributed by atoms with Crippen LogP contribution in [0, 0.1) is 0 Å². The molecular formula is C22H22N2O4S2. The Hall–Kier alpha value is -2.68. The third-order valence-corrected chi connectivity index (χ3v) is 8.42. The van der Waals surface area contributed by atoms with Crippen molar-refractivity contribution in [1.82, 2.24) is 9.62 Å². The van der Waals surface area contributed by atoms with Crippen LogP contribution in [-0.2, 0) is 34.3 Å². The number of hydrogen-bond acceptors (Lipinski definition) is 5. The number of nitrogens with zero attached hydrogens (tertiary/aromatic N) is 1. The van der Waals surface area contributed by atoms with Crippen LogP contribution in [0.3, 0.4) is 0 Å². The van der Waals surface area contributed by atoms with Gasteiger partial charge in [-0.05, 0) is 46.7 Å². The van der Waals surface area contributed by atoms with E-state index in [1.54, 1.807) is 24.6 Å². The number of hydrogen-bond donors (Lipinski definition) is 1. The number of ether oxygens (including phenoxy) is 1. The Kier molecular flexibility index (Phi) is 5.90. The molecule has 4 rings (SSSR count). The average molecular weight is 443 g/mol. The van der Waals surface area contributed by atoms with Gasteiger partial charge >= 0.3 is 0 Å². The summed E-state index contributed by atoms with van der Waals surface area (Å²) in [5.74, 6) is 0.433. The van der Waals surface area contributed by atoms with Crippen LogP contribution >= 0.6 is 11.3 Å². The van der Waals surface area contributed by atoms with Crippen LogP contribution in [-0.4, -0.2) is 31.8 Å². The Balaban J connectivity index is 1.58. The van der Waals surface area contributed by atoms with Gasteiger partial charge in [-0.2, -0.15) is 4.31 Å². The maximum absolute atomic E-state index is 13.3. The van der Waals surface area contributed by atoms with E-state index in [1.807, 2.05) is 48.5 Å². The van der Waals surface area contributed by atoms with Crippen molar-refractivity contribution >= 4 is 27.3 Å². The predicted octanol–water partition coefficient (Wildman–Crippen LogP) is 3.19. The fraction of sp³-hybridized carbons (Fsp3) is 0.227. The molecule has 0 aliphatic carbocycles. The molecule has 2 heterocycles. The lowest BCUT2D eigenvalue weighted by molar-refractivity contribution is -0.125. The smallest absolute Gasteiger partial charge is 0.253 e. The molecule has 3 aromatic rings. The molecule has 0 radical (unpaired) electrons. The highest BCUT2D eigenvalue weighted by molar-refractivity contribution is 7.91. The van der Waals surface area contributed by atoms with E-state index in [0.717, 1.165) is 33.8 Å². The van der Waals surface area contributed by atoms with Crippen molar-refractivity contribution in [1.29, 1.82) is 0 Å². The van der Waals surface area contributed by atoms with Crippen LogP contribution in [0.1, 0.15) is 16.7 Å². The minimum atomic E-state index is -3.77. The zero-order chi connectivity index (χ0) is 21.1. The monoisotopic (exact) mass is 442 g/mol. The van der Waals surface area contributed by atoms with Crippen molar-refractivity contribution < 1.29 is 17.9 Å². The average Bonchev–Trinajstić information content (AvgIpc) is 3.33. The van der Waals surface area contributed by atoms with Crippen molar-refractivity contribution in [2.24, 2.45) is 0 Å². The highest BCUT2D eigenvalue weighted by Gasteiger charge is 2.39. The molecule has 1 aliphatic rings. The molecule has 0 fully saturated rings. The molecule has 0 unspecified atom stereocenters. The number of fused-ring (bicyclic) bond motifs is 1. The second kappa shape index (κ2) is 8.59. The second-order valence-corrected chi connectivity index (χ2v) is 10.1. The first-order chi connectivity index (χ1) is 14.5. The van der Waals surface area contributed by atoms with E-state index >= 15 is 0 Å². The zero-order valence-corrected chi connectivity index (χ0v) is 18.1. The van der Waals surface area contributed by atoms with Crippen LogP contribution in [0.25, 0.3) is 0 Å². The number of carbonyl (C=O) groups is 1. The van der Waals surface area contributed by atoms with Crippen LogP contribution in [0.15, 0.2) is 70.3 Å². The lowest BCUT2D eigenvalue weighted by Crippen LogP contribution is -2.52. The molecule has 0 saturated carbocycles. The second-order valence-electron chi connectivity index (χ2n) is 7.04. The van der Waals surface area contributed by atoms with Crippen molar-refractivity contribution in [2.45, 2.75) is 29.8 Å². The zero-order valence-electron chi connectivity index (χ0n) is 16.4. The van der Waals surface area contributed by atoms with Gasteiger partial charge in [0.15, 0.2) is 0 Å². The minimum absolute atomic E-state index is 0.178. The topological polar surface area (TPSA) is 75.7 Å². The quantitative estimate of drug-likeness (QED) is 0.636. The summed E-state index contributed by atoms with van der Waals surface area (Å²) in [7, 11) is -2.18. The Morgan fingerprint density at radius 3 is 2.50 bits per heavy atom. The standard InChI is InChI=1S/C22H22N2O4S2/c1-28-19-10-8-16(9-11-19)14-23-22(25)20-13-17-5-2-3-6-18(17)15-24(20)30(26,27)21-7-4-12-29-21/h2-12,20H,13-15H2,1H3,(H,23,25)/t20-/m0/s1. The Morgan fingerprint density at radius 2 is 1.83 bits per heavy atom. The van der Waals surface area contributed by atoms with Crippen molar-refractivity contribution in [2.75, 3.05) is 7.11 Å². The SMILES string of the molecule is COc1ccc(CNC(=O)[C@@H]2Cc3ccccc3CN2S(=O)(=O)c2cccs2)cc1.